The van der Waals surface area contributed by atoms with Crippen LogP contribution in [0.15, 0.2) is 27.6 Å². The number of sulfonamides is 1. The number of aliphatic hydroxyl groups excluding tert-OH is 1. The molecule has 1 aromatic heterocycles. The summed E-state index contributed by atoms with van der Waals surface area (Å²) in [6, 6.07) is 4.01. The number of nitrogens with zero attached hydrogens (tertiary/aromatic N) is 3. The molecule has 140 valence electrons. The molecule has 26 heavy (non-hydrogen) atoms. The monoisotopic (exact) mass is 381 g/mol. The number of ether oxygens (including phenoxy) is 2. The van der Waals surface area contributed by atoms with Gasteiger partial charge in [-0.25, -0.2) is 8.42 Å². The number of fused-ring (bicyclic) bond motifs is 1. The molecule has 2 aliphatic heterocycles. The lowest BCUT2D eigenvalue weighted by Crippen LogP contribution is -2.33. The number of β-amino-alcohol motifs (C(OH)–C–C–N with tert-alkyl or cyclic N) is 1. The van der Waals surface area contributed by atoms with Crippen LogP contribution in [0, 0.1) is 0 Å². The summed E-state index contributed by atoms with van der Waals surface area (Å²) in [5.74, 6) is 1.26. The number of hydrogen-bond acceptors (Lipinski definition) is 8. The molecule has 10 heteroatoms. The molecule has 9 nitrogen and oxygen atoms in total. The van der Waals surface area contributed by atoms with Gasteiger partial charge >= 0.3 is 0 Å². The Hall–Kier alpha value is -2.17. The van der Waals surface area contributed by atoms with Gasteiger partial charge in [-0.3, -0.25) is 0 Å². The highest BCUT2D eigenvalue weighted by molar-refractivity contribution is 7.89. The number of aromatic nitrogens is 2. The van der Waals surface area contributed by atoms with E-state index in [9.17, 15) is 13.5 Å². The van der Waals surface area contributed by atoms with Crippen LogP contribution in [0.5, 0.6) is 11.5 Å². The maximum Gasteiger partial charge on any atom is 0.247 e. The first-order valence-corrected chi connectivity index (χ1v) is 9.85. The summed E-state index contributed by atoms with van der Waals surface area (Å²) in [5, 5.41) is 13.9. The maximum absolute atomic E-state index is 13.3. The van der Waals surface area contributed by atoms with Crippen LogP contribution in [0.25, 0.3) is 0 Å². The zero-order chi connectivity index (χ0) is 18.3. The summed E-state index contributed by atoms with van der Waals surface area (Å²) in [5.41, 5.74) is 0. The summed E-state index contributed by atoms with van der Waals surface area (Å²) in [7, 11) is -3.97. The Morgan fingerprint density at radius 3 is 2.88 bits per heavy atom. The van der Waals surface area contributed by atoms with Gasteiger partial charge < -0.3 is 19.1 Å². The number of aliphatic hydroxyl groups is 1. The predicted molar refractivity (Wildman–Crippen MR) is 88.4 cm³/mol. The Balaban J connectivity index is 1.74. The quantitative estimate of drug-likeness (QED) is 0.831. The molecule has 1 saturated heterocycles. The van der Waals surface area contributed by atoms with E-state index in [0.717, 1.165) is 0 Å². The lowest BCUT2D eigenvalue weighted by Gasteiger charge is -2.25. The summed E-state index contributed by atoms with van der Waals surface area (Å²) >= 11 is 0. The summed E-state index contributed by atoms with van der Waals surface area (Å²) in [6.07, 6.45) is -0.0525. The van der Waals surface area contributed by atoms with Gasteiger partial charge in [-0.05, 0) is 12.1 Å². The lowest BCUT2D eigenvalue weighted by molar-refractivity contribution is 0.166. The van der Waals surface area contributed by atoms with Crippen molar-refractivity contribution in [3.63, 3.8) is 0 Å². The Morgan fingerprint density at radius 2 is 2.12 bits per heavy atom. The van der Waals surface area contributed by atoms with Gasteiger partial charge in [0.25, 0.3) is 0 Å². The second-order valence-corrected chi connectivity index (χ2v) is 8.02. The highest BCUT2D eigenvalue weighted by Crippen LogP contribution is 2.42. The van der Waals surface area contributed by atoms with Crippen LogP contribution in [0.2, 0.25) is 0 Å². The molecule has 2 atom stereocenters. The largest absolute Gasteiger partial charge is 0.486 e. The third kappa shape index (κ3) is 2.83. The molecule has 2 aromatic rings. The van der Waals surface area contributed by atoms with Gasteiger partial charge in [0.05, 0.1) is 6.10 Å². The number of rotatable bonds is 4. The summed E-state index contributed by atoms with van der Waals surface area (Å²) in [6.45, 7) is 2.46. The van der Waals surface area contributed by atoms with Crippen LogP contribution in [-0.4, -0.2) is 53.8 Å². The molecule has 2 aliphatic rings. The van der Waals surface area contributed by atoms with E-state index in [0.29, 0.717) is 24.6 Å². The van der Waals surface area contributed by atoms with E-state index in [1.807, 2.05) is 6.92 Å². The third-order valence-corrected chi connectivity index (χ3v) is 6.33. The van der Waals surface area contributed by atoms with E-state index in [2.05, 4.69) is 10.1 Å². The van der Waals surface area contributed by atoms with Crippen molar-refractivity contribution in [2.45, 2.75) is 36.8 Å². The molecule has 1 aromatic carbocycles. The Morgan fingerprint density at radius 1 is 1.31 bits per heavy atom. The van der Waals surface area contributed by atoms with E-state index < -0.39 is 22.2 Å². The highest BCUT2D eigenvalue weighted by Gasteiger charge is 2.44. The second-order valence-electron chi connectivity index (χ2n) is 6.16. The zero-order valence-corrected chi connectivity index (χ0v) is 15.0. The average Bonchev–Trinajstić information content (AvgIpc) is 3.27. The van der Waals surface area contributed by atoms with Crippen molar-refractivity contribution in [3.8, 4) is 11.5 Å². The molecule has 0 amide bonds. The molecule has 0 bridgehead atoms. The zero-order valence-electron chi connectivity index (χ0n) is 14.2. The van der Waals surface area contributed by atoms with Crippen molar-refractivity contribution >= 4 is 10.0 Å². The molecule has 4 rings (SSSR count). The van der Waals surface area contributed by atoms with Crippen molar-refractivity contribution in [3.05, 3.63) is 29.9 Å². The molecule has 1 N–H and O–H groups in total. The number of para-hydroxylation sites is 1. The van der Waals surface area contributed by atoms with Crippen LogP contribution in [0.3, 0.4) is 0 Å². The van der Waals surface area contributed by atoms with Crippen molar-refractivity contribution in [2.24, 2.45) is 0 Å². The average molecular weight is 381 g/mol. The van der Waals surface area contributed by atoms with Gasteiger partial charge in [0.1, 0.15) is 24.2 Å². The number of hydrogen-bond donors (Lipinski definition) is 1. The normalized spacial score (nSPS) is 23.3. The van der Waals surface area contributed by atoms with E-state index in [-0.39, 0.29) is 36.1 Å². The minimum absolute atomic E-state index is 0.00373. The smallest absolute Gasteiger partial charge is 0.247 e. The SMILES string of the molecule is CCc1noc([C@H]2C[C@H](O)CN2S(=O)(=O)c2cccc3c2OCCO3)n1. The van der Waals surface area contributed by atoms with Crippen molar-refractivity contribution in [2.75, 3.05) is 19.8 Å². The molecule has 3 heterocycles. The Bertz CT molecular complexity index is 912. The first kappa shape index (κ1) is 17.3. The Labute approximate surface area is 150 Å². The van der Waals surface area contributed by atoms with Crippen molar-refractivity contribution in [1.82, 2.24) is 14.4 Å². The fourth-order valence-corrected chi connectivity index (χ4v) is 4.97. The van der Waals surface area contributed by atoms with Gasteiger partial charge in [-0.2, -0.15) is 9.29 Å². The molecule has 1 fully saturated rings. The molecule has 0 spiro atoms. The van der Waals surface area contributed by atoms with Gasteiger partial charge in [-0.1, -0.05) is 18.1 Å². The third-order valence-electron chi connectivity index (χ3n) is 4.44. The van der Waals surface area contributed by atoms with E-state index in [1.54, 1.807) is 12.1 Å². The second kappa shape index (κ2) is 6.53. The van der Waals surface area contributed by atoms with Crippen molar-refractivity contribution < 1.29 is 27.5 Å². The molecule has 0 radical (unpaired) electrons. The van der Waals surface area contributed by atoms with Gasteiger partial charge in [0.2, 0.25) is 15.9 Å². The number of aryl methyl sites for hydroxylation is 1. The van der Waals surface area contributed by atoms with Crippen LogP contribution in [-0.2, 0) is 16.4 Å². The van der Waals surface area contributed by atoms with Crippen molar-refractivity contribution in [1.29, 1.82) is 0 Å². The first-order valence-electron chi connectivity index (χ1n) is 8.41. The highest BCUT2D eigenvalue weighted by atomic mass is 32.2. The van der Waals surface area contributed by atoms with Crippen LogP contribution >= 0.6 is 0 Å². The predicted octanol–water partition coefficient (Wildman–Crippen LogP) is 0.900. The molecule has 0 aliphatic carbocycles. The van der Waals surface area contributed by atoms with E-state index >= 15 is 0 Å². The standard InChI is InChI=1S/C16H19N3O6S/c1-2-14-17-16(25-18-14)11-8-10(20)9-19(11)26(21,22)13-5-3-4-12-15(13)24-7-6-23-12/h3-5,10-11,20H,2,6-9H2,1H3/t10-,11+/m0/s1. The van der Waals surface area contributed by atoms with Gasteiger partial charge in [0, 0.05) is 19.4 Å². The minimum Gasteiger partial charge on any atom is -0.486 e. The topological polar surface area (TPSA) is 115 Å². The lowest BCUT2D eigenvalue weighted by atomic mass is 10.2. The maximum atomic E-state index is 13.3. The van der Waals surface area contributed by atoms with Crippen LogP contribution in [0.1, 0.15) is 31.1 Å². The molecular formula is C16H19N3O6S. The summed E-state index contributed by atoms with van der Waals surface area (Å²) in [4.78, 5) is 4.24. The fraction of sp³-hybridized carbons (Fsp3) is 0.500. The van der Waals surface area contributed by atoms with Gasteiger partial charge in [0.15, 0.2) is 17.3 Å². The molecule has 0 saturated carbocycles. The number of benzene rings is 1. The molecular weight excluding hydrogens is 362 g/mol. The summed E-state index contributed by atoms with van der Waals surface area (Å²) < 4.78 is 44.0. The van der Waals surface area contributed by atoms with Crippen LogP contribution < -0.4 is 9.47 Å². The Kier molecular flexibility index (Phi) is 4.33. The first-order chi connectivity index (χ1) is 12.5. The molecule has 0 unspecified atom stereocenters. The van der Waals surface area contributed by atoms with Gasteiger partial charge in [-0.15, -0.1) is 0 Å². The minimum atomic E-state index is -3.97. The fourth-order valence-electron chi connectivity index (χ4n) is 3.20. The van der Waals surface area contributed by atoms with Crippen LogP contribution in [0.4, 0.5) is 0 Å². The van der Waals surface area contributed by atoms with E-state index in [4.69, 9.17) is 14.0 Å². The van der Waals surface area contributed by atoms with E-state index in [1.165, 1.54) is 10.4 Å².